The van der Waals surface area contributed by atoms with Gasteiger partial charge in [0.15, 0.2) is 0 Å². The van der Waals surface area contributed by atoms with Gasteiger partial charge in [0, 0.05) is 36.5 Å². The normalized spacial score (nSPS) is 22.7. The van der Waals surface area contributed by atoms with E-state index in [1.54, 1.807) is 12.4 Å². The second-order valence-electron chi connectivity index (χ2n) is 3.24. The van der Waals surface area contributed by atoms with Crippen molar-refractivity contribution in [3.05, 3.63) is 18.0 Å². The smallest absolute Gasteiger partial charge is 0.224 e. The van der Waals surface area contributed by atoms with Gasteiger partial charge in [0.2, 0.25) is 5.91 Å². The van der Waals surface area contributed by atoms with E-state index in [0.29, 0.717) is 13.0 Å². The van der Waals surface area contributed by atoms with Gasteiger partial charge in [-0.25, -0.2) is 0 Å². The van der Waals surface area contributed by atoms with E-state index in [1.807, 2.05) is 4.90 Å². The third kappa shape index (κ3) is 1.85. The minimum atomic E-state index is 0.182. The fraction of sp³-hybridized carbons (Fsp3) is 0.500. The lowest BCUT2D eigenvalue weighted by molar-refractivity contribution is -0.128. The summed E-state index contributed by atoms with van der Waals surface area (Å²) in [7, 11) is 0. The average Bonchev–Trinajstić information content (AvgIpc) is 2.63. The molecular formula is C8H11N3OS. The zero-order valence-corrected chi connectivity index (χ0v) is 8.00. The van der Waals surface area contributed by atoms with Gasteiger partial charge < -0.3 is 4.90 Å². The van der Waals surface area contributed by atoms with Gasteiger partial charge in [-0.3, -0.25) is 9.89 Å². The van der Waals surface area contributed by atoms with Crippen LogP contribution in [0.2, 0.25) is 0 Å². The molecule has 4 nitrogen and oxygen atoms in total. The van der Waals surface area contributed by atoms with Gasteiger partial charge in [0.1, 0.15) is 0 Å². The monoisotopic (exact) mass is 197 g/mol. The molecule has 0 radical (unpaired) electrons. The van der Waals surface area contributed by atoms with Gasteiger partial charge in [-0.2, -0.15) is 17.7 Å². The Labute approximate surface area is 81.7 Å². The van der Waals surface area contributed by atoms with Gasteiger partial charge in [0.05, 0.1) is 6.20 Å². The Morgan fingerprint density at radius 1 is 1.77 bits per heavy atom. The highest BCUT2D eigenvalue weighted by Gasteiger charge is 2.26. The van der Waals surface area contributed by atoms with E-state index >= 15 is 0 Å². The van der Waals surface area contributed by atoms with Crippen molar-refractivity contribution >= 4 is 18.5 Å². The van der Waals surface area contributed by atoms with Crippen molar-refractivity contribution in [1.29, 1.82) is 0 Å². The number of aromatic amines is 1. The first kappa shape index (κ1) is 8.62. The van der Waals surface area contributed by atoms with Crippen LogP contribution in [-0.2, 0) is 11.3 Å². The zero-order valence-electron chi connectivity index (χ0n) is 7.10. The van der Waals surface area contributed by atoms with Crippen LogP contribution < -0.4 is 0 Å². The Morgan fingerprint density at radius 3 is 3.15 bits per heavy atom. The lowest BCUT2D eigenvalue weighted by Gasteiger charge is -2.13. The molecule has 1 aromatic heterocycles. The average molecular weight is 197 g/mol. The first-order chi connectivity index (χ1) is 6.25. The van der Waals surface area contributed by atoms with Crippen molar-refractivity contribution in [1.82, 2.24) is 15.1 Å². The van der Waals surface area contributed by atoms with Crippen molar-refractivity contribution in [2.75, 3.05) is 6.54 Å². The maximum absolute atomic E-state index is 11.4. The Bertz CT molecular complexity index is 298. The number of nitrogens with zero attached hydrogens (tertiary/aromatic N) is 2. The Morgan fingerprint density at radius 2 is 2.62 bits per heavy atom. The zero-order chi connectivity index (χ0) is 9.26. The lowest BCUT2D eigenvalue weighted by atomic mass is 10.3. The molecule has 1 aliphatic heterocycles. The van der Waals surface area contributed by atoms with Crippen LogP contribution in [0.3, 0.4) is 0 Å². The standard InChI is InChI=1S/C8H11N3OS/c12-8-1-7(13)5-11(8)4-6-2-9-10-3-6/h2-3,7,13H,1,4-5H2,(H,9,10). The number of nitrogens with one attached hydrogen (secondary N) is 1. The molecule has 0 aliphatic carbocycles. The summed E-state index contributed by atoms with van der Waals surface area (Å²) in [6.07, 6.45) is 4.10. The number of likely N-dealkylation sites (tertiary alicyclic amines) is 1. The second-order valence-corrected chi connectivity index (χ2v) is 3.97. The molecule has 0 spiro atoms. The molecule has 1 unspecified atom stereocenters. The predicted molar refractivity (Wildman–Crippen MR) is 51.4 cm³/mol. The molecule has 2 rings (SSSR count). The predicted octanol–water partition coefficient (Wildman–Crippen LogP) is 0.440. The van der Waals surface area contributed by atoms with Gasteiger partial charge in [-0.15, -0.1) is 0 Å². The maximum atomic E-state index is 11.4. The Kier molecular flexibility index (Phi) is 2.26. The van der Waals surface area contributed by atoms with Crippen molar-refractivity contribution in [2.45, 2.75) is 18.2 Å². The number of amides is 1. The molecule has 1 atom stereocenters. The van der Waals surface area contributed by atoms with E-state index in [2.05, 4.69) is 22.8 Å². The number of aromatic nitrogens is 2. The van der Waals surface area contributed by atoms with Gasteiger partial charge in [-0.1, -0.05) is 0 Å². The van der Waals surface area contributed by atoms with Gasteiger partial charge in [0.25, 0.3) is 0 Å². The summed E-state index contributed by atoms with van der Waals surface area (Å²) in [6.45, 7) is 1.39. The molecule has 1 fully saturated rings. The molecule has 2 heterocycles. The van der Waals surface area contributed by atoms with Crippen LogP contribution in [0, 0.1) is 0 Å². The third-order valence-corrected chi connectivity index (χ3v) is 2.47. The van der Waals surface area contributed by atoms with Crippen LogP contribution >= 0.6 is 12.6 Å². The maximum Gasteiger partial charge on any atom is 0.224 e. The summed E-state index contributed by atoms with van der Waals surface area (Å²) in [5.74, 6) is 0.182. The fourth-order valence-electron chi connectivity index (χ4n) is 1.49. The Balaban J connectivity index is 1.99. The van der Waals surface area contributed by atoms with Crippen LogP contribution in [0.5, 0.6) is 0 Å². The van der Waals surface area contributed by atoms with E-state index in [9.17, 15) is 4.79 Å². The highest BCUT2D eigenvalue weighted by Crippen LogP contribution is 2.17. The van der Waals surface area contributed by atoms with Crippen LogP contribution in [0.25, 0.3) is 0 Å². The summed E-state index contributed by atoms with van der Waals surface area (Å²) < 4.78 is 0. The van der Waals surface area contributed by atoms with Crippen molar-refractivity contribution in [3.8, 4) is 0 Å². The molecule has 1 N–H and O–H groups in total. The fourth-order valence-corrected chi connectivity index (χ4v) is 1.84. The number of hydrogen-bond acceptors (Lipinski definition) is 3. The quantitative estimate of drug-likeness (QED) is 0.676. The van der Waals surface area contributed by atoms with E-state index < -0.39 is 0 Å². The highest BCUT2D eigenvalue weighted by molar-refractivity contribution is 7.81. The first-order valence-corrected chi connectivity index (χ1v) is 4.71. The van der Waals surface area contributed by atoms with Crippen LogP contribution in [0.15, 0.2) is 12.4 Å². The van der Waals surface area contributed by atoms with Crippen LogP contribution in [0.1, 0.15) is 12.0 Å². The summed E-state index contributed by atoms with van der Waals surface area (Å²) >= 11 is 4.28. The number of rotatable bonds is 2. The summed E-state index contributed by atoms with van der Waals surface area (Å²) in [4.78, 5) is 13.2. The molecule has 0 saturated carbocycles. The number of H-pyrrole nitrogens is 1. The minimum absolute atomic E-state index is 0.182. The van der Waals surface area contributed by atoms with Crippen LogP contribution in [-0.4, -0.2) is 32.8 Å². The minimum Gasteiger partial charge on any atom is -0.337 e. The van der Waals surface area contributed by atoms with E-state index in [0.717, 1.165) is 12.1 Å². The number of hydrogen-bond donors (Lipinski definition) is 2. The molecule has 1 aromatic rings. The van der Waals surface area contributed by atoms with E-state index in [1.165, 1.54) is 0 Å². The third-order valence-electron chi connectivity index (χ3n) is 2.12. The summed E-state index contributed by atoms with van der Waals surface area (Å²) in [6, 6.07) is 0. The lowest BCUT2D eigenvalue weighted by Crippen LogP contribution is -2.24. The molecule has 1 saturated heterocycles. The highest BCUT2D eigenvalue weighted by atomic mass is 32.1. The molecule has 1 aliphatic rings. The van der Waals surface area contributed by atoms with E-state index in [-0.39, 0.29) is 11.2 Å². The SMILES string of the molecule is O=C1CC(S)CN1Cc1cn[nH]c1. The molecule has 13 heavy (non-hydrogen) atoms. The second kappa shape index (κ2) is 3.41. The first-order valence-electron chi connectivity index (χ1n) is 4.19. The van der Waals surface area contributed by atoms with Crippen molar-refractivity contribution < 1.29 is 4.79 Å². The number of thiol groups is 1. The largest absolute Gasteiger partial charge is 0.337 e. The Hall–Kier alpha value is -0.970. The molecule has 70 valence electrons. The summed E-state index contributed by atoms with van der Waals surface area (Å²) in [5, 5.41) is 6.74. The number of carbonyl (C=O) groups is 1. The van der Waals surface area contributed by atoms with Gasteiger partial charge >= 0.3 is 0 Å². The molecule has 1 amide bonds. The summed E-state index contributed by atoms with van der Waals surface area (Å²) in [5.41, 5.74) is 1.04. The number of carbonyl (C=O) groups excluding carboxylic acids is 1. The van der Waals surface area contributed by atoms with Crippen molar-refractivity contribution in [3.63, 3.8) is 0 Å². The van der Waals surface area contributed by atoms with Crippen molar-refractivity contribution in [2.24, 2.45) is 0 Å². The topological polar surface area (TPSA) is 49.0 Å². The van der Waals surface area contributed by atoms with Gasteiger partial charge in [-0.05, 0) is 0 Å². The molecule has 0 aromatic carbocycles. The molecular weight excluding hydrogens is 186 g/mol. The van der Waals surface area contributed by atoms with Crippen LogP contribution in [0.4, 0.5) is 0 Å². The molecule has 0 bridgehead atoms. The van der Waals surface area contributed by atoms with E-state index in [4.69, 9.17) is 0 Å². The molecule has 5 heteroatoms.